The van der Waals surface area contributed by atoms with Gasteiger partial charge in [-0.3, -0.25) is 4.79 Å². The fraction of sp³-hybridized carbons (Fsp3) is 0.682. The van der Waals surface area contributed by atoms with Crippen molar-refractivity contribution in [3.8, 4) is 0 Å². The van der Waals surface area contributed by atoms with Crippen LogP contribution in [0.15, 0.2) is 24.3 Å². The molecule has 0 aliphatic carbocycles. The molecular formula is C22H32N2OS. The van der Waals surface area contributed by atoms with Crippen LogP contribution >= 0.6 is 11.8 Å². The van der Waals surface area contributed by atoms with Gasteiger partial charge in [-0.2, -0.15) is 11.8 Å². The van der Waals surface area contributed by atoms with Crippen LogP contribution < -0.4 is 0 Å². The van der Waals surface area contributed by atoms with Gasteiger partial charge < -0.3 is 9.80 Å². The molecule has 4 rings (SSSR count). The summed E-state index contributed by atoms with van der Waals surface area (Å²) in [5, 5.41) is 0. The summed E-state index contributed by atoms with van der Waals surface area (Å²) in [4.78, 5) is 17.5. The van der Waals surface area contributed by atoms with Gasteiger partial charge >= 0.3 is 0 Å². The molecule has 0 saturated carbocycles. The molecule has 1 aromatic carbocycles. The number of piperidine rings is 1. The minimum absolute atomic E-state index is 0.367. The number of amides is 1. The van der Waals surface area contributed by atoms with Crippen LogP contribution in [0.1, 0.15) is 49.7 Å². The van der Waals surface area contributed by atoms with Gasteiger partial charge in [-0.1, -0.05) is 24.3 Å². The number of hydrogen-bond donors (Lipinski definition) is 0. The highest BCUT2D eigenvalue weighted by Gasteiger charge is 2.27. The summed E-state index contributed by atoms with van der Waals surface area (Å²) in [6, 6.07) is 9.41. The van der Waals surface area contributed by atoms with Gasteiger partial charge in [0.25, 0.3) is 0 Å². The zero-order valence-electron chi connectivity index (χ0n) is 15.9. The van der Waals surface area contributed by atoms with Crippen molar-refractivity contribution in [1.29, 1.82) is 0 Å². The molecule has 4 heteroatoms. The van der Waals surface area contributed by atoms with Gasteiger partial charge in [0.05, 0.1) is 0 Å². The molecule has 0 aromatic heterocycles. The van der Waals surface area contributed by atoms with Gasteiger partial charge in [-0.15, -0.1) is 0 Å². The summed E-state index contributed by atoms with van der Waals surface area (Å²) < 4.78 is 0. The maximum atomic E-state index is 12.7. The lowest BCUT2D eigenvalue weighted by Crippen LogP contribution is -2.43. The summed E-state index contributed by atoms with van der Waals surface area (Å²) in [6.45, 7) is 4.22. The van der Waals surface area contributed by atoms with Crippen molar-refractivity contribution in [2.24, 2.45) is 5.92 Å². The SMILES string of the molecule is O=C(CCC1CCN(C2CCSCC2)CC1)N1CCc2ccccc2C1. The van der Waals surface area contributed by atoms with Crippen molar-refractivity contribution in [2.75, 3.05) is 31.1 Å². The number of benzene rings is 1. The van der Waals surface area contributed by atoms with Crippen LogP contribution in [0.3, 0.4) is 0 Å². The monoisotopic (exact) mass is 372 g/mol. The Bertz CT molecular complexity index is 606. The first-order chi connectivity index (χ1) is 12.8. The van der Waals surface area contributed by atoms with Crippen LogP contribution in [-0.4, -0.2) is 52.9 Å². The van der Waals surface area contributed by atoms with Gasteiger partial charge in [0, 0.05) is 25.6 Å². The second kappa shape index (κ2) is 8.79. The Morgan fingerprint density at radius 3 is 2.50 bits per heavy atom. The number of carbonyl (C=O) groups is 1. The number of likely N-dealkylation sites (tertiary alicyclic amines) is 1. The lowest BCUT2D eigenvalue weighted by Gasteiger charge is -2.39. The van der Waals surface area contributed by atoms with Gasteiger partial charge in [-0.25, -0.2) is 0 Å². The second-order valence-corrected chi connectivity index (χ2v) is 9.42. The van der Waals surface area contributed by atoms with E-state index < -0.39 is 0 Å². The fourth-order valence-corrected chi connectivity index (χ4v) is 5.93. The molecule has 0 spiro atoms. The Morgan fingerprint density at radius 1 is 1.00 bits per heavy atom. The molecule has 3 aliphatic heterocycles. The van der Waals surface area contributed by atoms with Crippen LogP contribution in [0.5, 0.6) is 0 Å². The first-order valence-electron chi connectivity index (χ1n) is 10.5. The molecule has 3 heterocycles. The van der Waals surface area contributed by atoms with Crippen molar-refractivity contribution in [2.45, 2.75) is 57.5 Å². The quantitative estimate of drug-likeness (QED) is 0.799. The van der Waals surface area contributed by atoms with Crippen LogP contribution in [-0.2, 0) is 17.8 Å². The van der Waals surface area contributed by atoms with Gasteiger partial charge in [0.15, 0.2) is 0 Å². The topological polar surface area (TPSA) is 23.6 Å². The van der Waals surface area contributed by atoms with E-state index in [-0.39, 0.29) is 0 Å². The van der Waals surface area contributed by atoms with E-state index in [9.17, 15) is 4.79 Å². The number of hydrogen-bond acceptors (Lipinski definition) is 3. The first kappa shape index (κ1) is 18.4. The van der Waals surface area contributed by atoms with E-state index in [0.717, 1.165) is 44.3 Å². The van der Waals surface area contributed by atoms with Gasteiger partial charge in [0.1, 0.15) is 0 Å². The van der Waals surface area contributed by atoms with E-state index in [2.05, 4.69) is 45.8 Å². The molecule has 142 valence electrons. The predicted molar refractivity (Wildman–Crippen MR) is 109 cm³/mol. The molecule has 3 aliphatic rings. The molecule has 2 saturated heterocycles. The Hall–Kier alpha value is -1.00. The third-order valence-corrected chi connectivity index (χ3v) is 7.65. The van der Waals surface area contributed by atoms with E-state index in [1.54, 1.807) is 0 Å². The number of carbonyl (C=O) groups excluding carboxylic acids is 1. The number of nitrogens with zero attached hydrogens (tertiary/aromatic N) is 2. The lowest BCUT2D eigenvalue weighted by molar-refractivity contribution is -0.132. The Kier molecular flexibility index (Phi) is 6.21. The lowest BCUT2D eigenvalue weighted by atomic mass is 9.90. The van der Waals surface area contributed by atoms with Crippen LogP contribution in [0.25, 0.3) is 0 Å². The third kappa shape index (κ3) is 4.45. The molecular weight excluding hydrogens is 340 g/mol. The molecule has 3 nitrogen and oxygen atoms in total. The maximum Gasteiger partial charge on any atom is 0.222 e. The zero-order chi connectivity index (χ0) is 17.8. The first-order valence-corrected chi connectivity index (χ1v) is 11.6. The molecule has 0 radical (unpaired) electrons. The summed E-state index contributed by atoms with van der Waals surface area (Å²) in [7, 11) is 0. The number of rotatable bonds is 4. The Morgan fingerprint density at radius 2 is 1.73 bits per heavy atom. The minimum atomic E-state index is 0.367. The van der Waals surface area contributed by atoms with E-state index in [0.29, 0.717) is 5.91 Å². The summed E-state index contributed by atoms with van der Waals surface area (Å²) >= 11 is 2.11. The van der Waals surface area contributed by atoms with Gasteiger partial charge in [0.2, 0.25) is 5.91 Å². The summed E-state index contributed by atoms with van der Waals surface area (Å²) in [5.41, 5.74) is 2.76. The fourth-order valence-electron chi connectivity index (χ4n) is 4.85. The molecule has 0 bridgehead atoms. The van der Waals surface area contributed by atoms with Gasteiger partial charge in [-0.05, 0) is 80.2 Å². The van der Waals surface area contributed by atoms with E-state index >= 15 is 0 Å². The van der Waals surface area contributed by atoms with E-state index in [1.165, 1.54) is 61.4 Å². The predicted octanol–water partition coefficient (Wildman–Crippen LogP) is 3.96. The van der Waals surface area contributed by atoms with Crippen LogP contribution in [0.4, 0.5) is 0 Å². The van der Waals surface area contributed by atoms with Crippen LogP contribution in [0.2, 0.25) is 0 Å². The molecule has 0 atom stereocenters. The van der Waals surface area contributed by atoms with E-state index in [4.69, 9.17) is 0 Å². The number of thioether (sulfide) groups is 1. The number of fused-ring (bicyclic) bond motifs is 1. The third-order valence-electron chi connectivity index (χ3n) is 6.61. The van der Waals surface area contributed by atoms with Crippen molar-refractivity contribution >= 4 is 17.7 Å². The zero-order valence-corrected chi connectivity index (χ0v) is 16.7. The minimum Gasteiger partial charge on any atom is -0.338 e. The standard InChI is InChI=1S/C22H32N2OS/c25-22(24-14-9-19-3-1-2-4-20(19)17-24)6-5-18-7-12-23(13-8-18)21-10-15-26-16-11-21/h1-4,18,21H,5-17H2. The Labute approximate surface area is 162 Å². The summed E-state index contributed by atoms with van der Waals surface area (Å²) in [5.74, 6) is 3.81. The summed E-state index contributed by atoms with van der Waals surface area (Å²) in [6.07, 6.45) is 8.19. The van der Waals surface area contributed by atoms with Crippen LogP contribution in [0, 0.1) is 5.92 Å². The molecule has 1 amide bonds. The normalized spacial score (nSPS) is 23.0. The molecule has 2 fully saturated rings. The van der Waals surface area contributed by atoms with Crippen molar-refractivity contribution in [3.05, 3.63) is 35.4 Å². The molecule has 0 unspecified atom stereocenters. The molecule has 0 N–H and O–H groups in total. The highest BCUT2D eigenvalue weighted by Crippen LogP contribution is 2.28. The highest BCUT2D eigenvalue weighted by atomic mass is 32.2. The van der Waals surface area contributed by atoms with Crippen molar-refractivity contribution in [3.63, 3.8) is 0 Å². The smallest absolute Gasteiger partial charge is 0.222 e. The average Bonchev–Trinajstić information content (AvgIpc) is 2.72. The largest absolute Gasteiger partial charge is 0.338 e. The van der Waals surface area contributed by atoms with Crippen molar-refractivity contribution < 1.29 is 4.79 Å². The van der Waals surface area contributed by atoms with E-state index in [1.807, 2.05) is 0 Å². The highest BCUT2D eigenvalue weighted by molar-refractivity contribution is 7.99. The maximum absolute atomic E-state index is 12.7. The molecule has 1 aromatic rings. The Balaban J connectivity index is 1.20. The second-order valence-electron chi connectivity index (χ2n) is 8.20. The average molecular weight is 373 g/mol. The van der Waals surface area contributed by atoms with Crippen molar-refractivity contribution in [1.82, 2.24) is 9.80 Å². The molecule has 26 heavy (non-hydrogen) atoms.